The van der Waals surface area contributed by atoms with Crippen molar-refractivity contribution < 1.29 is 28.5 Å². The van der Waals surface area contributed by atoms with Crippen LogP contribution in [0.2, 0.25) is 16.9 Å². The van der Waals surface area contributed by atoms with E-state index in [0.29, 0.717) is 11.9 Å². The van der Waals surface area contributed by atoms with Gasteiger partial charge in [-0.25, -0.2) is 9.37 Å². The van der Waals surface area contributed by atoms with Gasteiger partial charge in [-0.1, -0.05) is 23.2 Å². The number of benzene rings is 1. The predicted octanol–water partition coefficient (Wildman–Crippen LogP) is 3.18. The Labute approximate surface area is 217 Å². The number of rotatable bonds is 10. The van der Waals surface area contributed by atoms with Gasteiger partial charge < -0.3 is 29.3 Å². The number of amides is 1. The predicted molar refractivity (Wildman–Crippen MR) is 136 cm³/mol. The maximum absolute atomic E-state index is 14.1. The Kier molecular flexibility index (Phi) is 9.08. The Hall–Kier alpha value is -3.41. The number of carbonyl (C=O) groups excluding carboxylic acids is 2. The molecule has 0 spiro atoms. The van der Waals surface area contributed by atoms with E-state index in [4.69, 9.17) is 32.7 Å². The third-order valence-electron chi connectivity index (χ3n) is 4.96. The molecule has 1 unspecified atom stereocenters. The molecule has 1 amide bonds. The number of pyridine rings is 1. The molecule has 2 heterocycles. The van der Waals surface area contributed by atoms with Crippen molar-refractivity contribution >= 4 is 61.3 Å². The number of ether oxygens (including phenoxy) is 2. The van der Waals surface area contributed by atoms with Gasteiger partial charge in [0.2, 0.25) is 5.88 Å². The van der Waals surface area contributed by atoms with E-state index < -0.39 is 24.9 Å². The van der Waals surface area contributed by atoms with Crippen LogP contribution in [0.3, 0.4) is 0 Å². The molecule has 36 heavy (non-hydrogen) atoms. The number of methoxy groups -OCH3 is 1. The Bertz CT molecular complexity index is 1270. The lowest BCUT2D eigenvalue weighted by Gasteiger charge is -2.26. The second-order valence-electron chi connectivity index (χ2n) is 7.43. The van der Waals surface area contributed by atoms with Crippen LogP contribution in [-0.2, 0) is 4.79 Å². The smallest absolute Gasteiger partial charge is 0.397 e. The van der Waals surface area contributed by atoms with E-state index in [9.17, 15) is 19.0 Å². The number of hydrogen-bond donors (Lipinski definition) is 2. The van der Waals surface area contributed by atoms with E-state index in [-0.39, 0.29) is 46.2 Å². The van der Waals surface area contributed by atoms with Crippen LogP contribution in [0.15, 0.2) is 36.5 Å². The molecule has 0 aliphatic carbocycles. The number of anilines is 2. The topological polar surface area (TPSA) is 127 Å². The molecule has 2 N–H and O–H groups in total. The minimum absolute atomic E-state index is 0.0327. The zero-order valence-corrected chi connectivity index (χ0v) is 20.9. The van der Waals surface area contributed by atoms with Gasteiger partial charge in [0.25, 0.3) is 5.91 Å². The highest BCUT2D eigenvalue weighted by molar-refractivity contribution is 6.82. The van der Waals surface area contributed by atoms with Crippen molar-refractivity contribution in [1.29, 1.82) is 0 Å². The summed E-state index contributed by atoms with van der Waals surface area (Å²) in [6.07, 6.45) is 1.08. The van der Waals surface area contributed by atoms with Gasteiger partial charge in [-0.2, -0.15) is 0 Å². The summed E-state index contributed by atoms with van der Waals surface area (Å²) in [4.78, 5) is 28.1. The average Bonchev–Trinajstić information content (AvgIpc) is 2.85. The van der Waals surface area contributed by atoms with E-state index in [2.05, 4.69) is 20.5 Å². The Morgan fingerprint density at radius 1 is 1.31 bits per heavy atom. The Morgan fingerprint density at radius 3 is 2.72 bits per heavy atom. The fourth-order valence-electron chi connectivity index (χ4n) is 3.22. The first-order valence-corrected chi connectivity index (χ1v) is 11.3. The molecular formula is C21H20B2Cl2FN5O5. The molecule has 0 radical (unpaired) electrons. The molecule has 0 aliphatic heterocycles. The molecule has 3 aromatic rings. The van der Waals surface area contributed by atoms with Crippen molar-refractivity contribution in [2.75, 3.05) is 17.1 Å². The maximum atomic E-state index is 14.1. The fourth-order valence-corrected chi connectivity index (χ4v) is 3.90. The van der Waals surface area contributed by atoms with Crippen molar-refractivity contribution in [2.45, 2.75) is 19.9 Å². The SMILES string of the molecule is COc1cc(NC(=O)c2cc(OC(C)c3c(Cl)ccc(F)c3Cl)c(N(BC=O)B(C)O)nn2)ccn1. The van der Waals surface area contributed by atoms with E-state index in [0.717, 1.165) is 6.07 Å². The minimum Gasteiger partial charge on any atom is -0.482 e. The monoisotopic (exact) mass is 533 g/mol. The summed E-state index contributed by atoms with van der Waals surface area (Å²) in [6.45, 7) is 2.97. The molecule has 0 bridgehead atoms. The highest BCUT2D eigenvalue weighted by Gasteiger charge is 2.27. The van der Waals surface area contributed by atoms with Gasteiger partial charge in [-0.3, -0.25) is 4.79 Å². The lowest BCUT2D eigenvalue weighted by molar-refractivity contribution is 0.102. The molecule has 0 saturated heterocycles. The van der Waals surface area contributed by atoms with Crippen molar-refractivity contribution in [2.24, 2.45) is 0 Å². The fraction of sp³-hybridized carbons (Fsp3) is 0.190. The molecule has 0 aliphatic rings. The molecule has 0 fully saturated rings. The van der Waals surface area contributed by atoms with Gasteiger partial charge in [0.15, 0.2) is 17.3 Å². The molecule has 3 rings (SSSR count). The molecule has 186 valence electrons. The molecule has 15 heteroatoms. The van der Waals surface area contributed by atoms with Crippen LogP contribution in [0.1, 0.15) is 29.1 Å². The second kappa shape index (κ2) is 12.0. The quantitative estimate of drug-likeness (QED) is 0.229. The van der Waals surface area contributed by atoms with Crippen LogP contribution in [0.5, 0.6) is 11.6 Å². The zero-order chi connectivity index (χ0) is 26.4. The van der Waals surface area contributed by atoms with Crippen LogP contribution in [0, 0.1) is 5.82 Å². The lowest BCUT2D eigenvalue weighted by atomic mass is 9.73. The number of nitrogens with zero attached hydrogens (tertiary/aromatic N) is 4. The Morgan fingerprint density at radius 2 is 2.06 bits per heavy atom. The first kappa shape index (κ1) is 27.2. The van der Waals surface area contributed by atoms with Gasteiger partial charge in [-0.05, 0) is 31.9 Å². The summed E-state index contributed by atoms with van der Waals surface area (Å²) in [6, 6.07) is 6.78. The normalized spacial score (nSPS) is 11.3. The number of carbonyl (C=O) groups is 2. The minimum atomic E-state index is -1.16. The molecular weight excluding hydrogens is 514 g/mol. The van der Waals surface area contributed by atoms with Crippen molar-refractivity contribution in [3.63, 3.8) is 0 Å². The molecule has 1 atom stereocenters. The molecule has 2 aromatic heterocycles. The number of nitrogens with one attached hydrogen (secondary N) is 1. The van der Waals surface area contributed by atoms with E-state index in [1.165, 1.54) is 43.1 Å². The van der Waals surface area contributed by atoms with Crippen LogP contribution in [-0.4, -0.2) is 53.9 Å². The molecule has 0 saturated carbocycles. The maximum Gasteiger partial charge on any atom is 0.397 e. The first-order chi connectivity index (χ1) is 17.2. The zero-order valence-electron chi connectivity index (χ0n) is 19.4. The number of hydrogen-bond acceptors (Lipinski definition) is 9. The van der Waals surface area contributed by atoms with Crippen molar-refractivity contribution in [3.05, 3.63) is 63.6 Å². The third kappa shape index (κ3) is 6.23. The van der Waals surface area contributed by atoms with E-state index in [1.54, 1.807) is 13.0 Å². The summed E-state index contributed by atoms with van der Waals surface area (Å²) in [5.41, 5.74) is 0.401. The third-order valence-corrected chi connectivity index (χ3v) is 5.67. The summed E-state index contributed by atoms with van der Waals surface area (Å²) >= 11 is 12.3. The summed E-state index contributed by atoms with van der Waals surface area (Å²) in [7, 11) is 0.0289. The largest absolute Gasteiger partial charge is 0.482 e. The summed E-state index contributed by atoms with van der Waals surface area (Å²) < 4.78 is 26.3. The molecule has 1 aromatic carbocycles. The second-order valence-corrected chi connectivity index (χ2v) is 8.21. The highest BCUT2D eigenvalue weighted by Crippen LogP contribution is 2.37. The van der Waals surface area contributed by atoms with Gasteiger partial charge in [0.05, 0.1) is 12.1 Å². The number of halogens is 3. The van der Waals surface area contributed by atoms with E-state index >= 15 is 0 Å². The van der Waals surface area contributed by atoms with Crippen LogP contribution in [0.4, 0.5) is 15.9 Å². The van der Waals surface area contributed by atoms with Crippen LogP contribution < -0.4 is 19.5 Å². The first-order valence-electron chi connectivity index (χ1n) is 10.5. The number of aromatic nitrogens is 3. The van der Waals surface area contributed by atoms with Gasteiger partial charge in [0.1, 0.15) is 18.1 Å². The molecule has 10 nitrogen and oxygen atoms in total. The van der Waals surface area contributed by atoms with Crippen molar-refractivity contribution in [1.82, 2.24) is 15.2 Å². The standard InChI is InChI=1S/C21H20B2Cl2FN5O5/c1-11(18-13(24)4-5-14(26)19(18)25)36-16-9-15(29-30-20(16)31(22-10-32)23(2)34)21(33)28-12-6-7-27-17(8-12)35-3/h4-11,22,34H,1-3H3,(H,27,28,33). The van der Waals surface area contributed by atoms with E-state index in [1.807, 2.05) is 0 Å². The highest BCUT2D eigenvalue weighted by atomic mass is 35.5. The Balaban J connectivity index is 2.01. The lowest BCUT2D eigenvalue weighted by Crippen LogP contribution is -2.42. The van der Waals surface area contributed by atoms with Crippen LogP contribution >= 0.6 is 23.2 Å². The van der Waals surface area contributed by atoms with Crippen molar-refractivity contribution in [3.8, 4) is 11.6 Å². The van der Waals surface area contributed by atoms with Gasteiger partial charge >= 0.3 is 14.5 Å². The van der Waals surface area contributed by atoms with Crippen LogP contribution in [0.25, 0.3) is 0 Å². The summed E-state index contributed by atoms with van der Waals surface area (Å²) in [5.74, 6) is -1.11. The van der Waals surface area contributed by atoms with Gasteiger partial charge in [-0.15, -0.1) is 10.2 Å². The summed E-state index contributed by atoms with van der Waals surface area (Å²) in [5, 5.41) is 20.7. The average molecular weight is 534 g/mol. The van der Waals surface area contributed by atoms with Gasteiger partial charge in [0, 0.05) is 34.6 Å².